The third-order valence-electron chi connectivity index (χ3n) is 4.95. The molecule has 122 valence electrons. The Morgan fingerprint density at radius 2 is 1.92 bits per heavy atom. The van der Waals surface area contributed by atoms with E-state index in [9.17, 15) is 9.90 Å². The number of carbonyl (C=O) groups is 1. The summed E-state index contributed by atoms with van der Waals surface area (Å²) in [6, 6.07) is 10.8. The molecular formula is C19H15Cl2NO2. The average Bonchev–Trinajstić information content (AvgIpc) is 3.07. The molecule has 0 amide bonds. The maximum atomic E-state index is 11.6. The molecule has 0 bridgehead atoms. The minimum Gasteiger partial charge on any atom is -0.478 e. The standard InChI is InChI=1S/C19H15Cl2NO2/c20-15-9-8-13-10-6-3-7-11(10)17(22-18(13)16(15)21)12-4-1-2-5-14(12)19(23)24/h1-6,8-11,17,22H,7H2,(H,23,24)/t10-,11-,17+/m0/s1. The number of aromatic carboxylic acids is 1. The molecule has 3 atom stereocenters. The number of fused-ring (bicyclic) bond motifs is 3. The van der Waals surface area contributed by atoms with Crippen LogP contribution in [0.4, 0.5) is 5.69 Å². The topological polar surface area (TPSA) is 49.3 Å². The number of anilines is 1. The van der Waals surface area contributed by atoms with E-state index in [1.807, 2.05) is 24.3 Å². The van der Waals surface area contributed by atoms with Crippen molar-refractivity contribution in [2.75, 3.05) is 5.32 Å². The fourth-order valence-corrected chi connectivity index (χ4v) is 4.26. The molecule has 2 N–H and O–H groups in total. The highest BCUT2D eigenvalue weighted by Gasteiger charge is 2.40. The van der Waals surface area contributed by atoms with Gasteiger partial charge >= 0.3 is 5.97 Å². The van der Waals surface area contributed by atoms with Crippen molar-refractivity contribution >= 4 is 34.9 Å². The zero-order valence-corrected chi connectivity index (χ0v) is 14.2. The van der Waals surface area contributed by atoms with Gasteiger partial charge in [0.1, 0.15) is 0 Å². The van der Waals surface area contributed by atoms with E-state index < -0.39 is 5.97 Å². The van der Waals surface area contributed by atoms with Gasteiger partial charge in [0.15, 0.2) is 0 Å². The molecule has 0 aromatic heterocycles. The molecule has 1 heterocycles. The van der Waals surface area contributed by atoms with Crippen LogP contribution in [0.5, 0.6) is 0 Å². The monoisotopic (exact) mass is 359 g/mol. The zero-order chi connectivity index (χ0) is 16.8. The molecule has 0 radical (unpaired) electrons. The van der Waals surface area contributed by atoms with Crippen molar-refractivity contribution in [3.8, 4) is 0 Å². The quantitative estimate of drug-likeness (QED) is 0.694. The Hall–Kier alpha value is -1.97. The van der Waals surface area contributed by atoms with Gasteiger partial charge in [-0.25, -0.2) is 4.79 Å². The van der Waals surface area contributed by atoms with Crippen molar-refractivity contribution < 1.29 is 9.90 Å². The summed E-state index contributed by atoms with van der Waals surface area (Å²) in [4.78, 5) is 11.6. The molecule has 0 spiro atoms. The number of halogens is 2. The van der Waals surface area contributed by atoms with Crippen LogP contribution in [0.2, 0.25) is 10.0 Å². The van der Waals surface area contributed by atoms with Crippen molar-refractivity contribution in [1.29, 1.82) is 0 Å². The number of carboxylic acid groups (broad SMARTS) is 1. The summed E-state index contributed by atoms with van der Waals surface area (Å²) >= 11 is 12.6. The van der Waals surface area contributed by atoms with Gasteiger partial charge < -0.3 is 10.4 Å². The van der Waals surface area contributed by atoms with Crippen molar-refractivity contribution in [3.05, 3.63) is 75.3 Å². The first-order valence-corrected chi connectivity index (χ1v) is 8.57. The Kier molecular flexibility index (Phi) is 3.78. The van der Waals surface area contributed by atoms with E-state index >= 15 is 0 Å². The molecule has 2 aliphatic rings. The summed E-state index contributed by atoms with van der Waals surface area (Å²) in [5.74, 6) is -0.448. The molecular weight excluding hydrogens is 345 g/mol. The number of hydrogen-bond donors (Lipinski definition) is 2. The van der Waals surface area contributed by atoms with Crippen LogP contribution >= 0.6 is 23.2 Å². The minimum absolute atomic E-state index is 0.124. The molecule has 2 aromatic rings. The number of carboxylic acids is 1. The molecule has 0 saturated carbocycles. The van der Waals surface area contributed by atoms with Crippen LogP contribution in [0.1, 0.15) is 39.9 Å². The fourth-order valence-electron chi connectivity index (χ4n) is 3.87. The first-order chi connectivity index (χ1) is 11.6. The molecule has 5 heteroatoms. The Morgan fingerprint density at radius 1 is 1.12 bits per heavy atom. The normalized spacial score (nSPS) is 24.2. The average molecular weight is 360 g/mol. The predicted molar refractivity (Wildman–Crippen MR) is 96.2 cm³/mol. The summed E-state index contributed by atoms with van der Waals surface area (Å²) in [5, 5.41) is 14.0. The van der Waals surface area contributed by atoms with Gasteiger partial charge in [-0.05, 0) is 35.6 Å². The number of hydrogen-bond acceptors (Lipinski definition) is 2. The largest absolute Gasteiger partial charge is 0.478 e. The molecule has 2 aromatic carbocycles. The zero-order valence-electron chi connectivity index (χ0n) is 12.7. The predicted octanol–water partition coefficient (Wildman–Crippen LogP) is 5.52. The number of nitrogens with one attached hydrogen (secondary N) is 1. The van der Waals surface area contributed by atoms with Crippen molar-refractivity contribution in [1.82, 2.24) is 0 Å². The van der Waals surface area contributed by atoms with E-state index in [0.717, 1.165) is 23.2 Å². The second-order valence-electron chi connectivity index (χ2n) is 6.19. The van der Waals surface area contributed by atoms with Gasteiger partial charge in [-0.2, -0.15) is 0 Å². The van der Waals surface area contributed by atoms with Crippen LogP contribution in [0.25, 0.3) is 0 Å². The van der Waals surface area contributed by atoms with E-state index in [0.29, 0.717) is 15.6 Å². The molecule has 24 heavy (non-hydrogen) atoms. The number of allylic oxidation sites excluding steroid dienone is 2. The van der Waals surface area contributed by atoms with E-state index in [1.165, 1.54) is 0 Å². The maximum Gasteiger partial charge on any atom is 0.336 e. The van der Waals surface area contributed by atoms with Gasteiger partial charge in [-0.15, -0.1) is 0 Å². The van der Waals surface area contributed by atoms with Crippen LogP contribution in [0.3, 0.4) is 0 Å². The van der Waals surface area contributed by atoms with E-state index in [-0.39, 0.29) is 17.9 Å². The van der Waals surface area contributed by atoms with Crippen LogP contribution in [-0.2, 0) is 0 Å². The van der Waals surface area contributed by atoms with Gasteiger partial charge in [0.2, 0.25) is 0 Å². The Labute approximate surface area is 149 Å². The molecule has 3 nitrogen and oxygen atoms in total. The fraction of sp³-hybridized carbons (Fsp3) is 0.211. The lowest BCUT2D eigenvalue weighted by molar-refractivity contribution is 0.0694. The SMILES string of the molecule is O=C(O)c1ccccc1[C@@H]1Nc2c(ccc(Cl)c2Cl)[C@H]2C=CC[C@@H]21. The van der Waals surface area contributed by atoms with Crippen molar-refractivity contribution in [2.45, 2.75) is 18.4 Å². The maximum absolute atomic E-state index is 11.6. The van der Waals surface area contributed by atoms with Crippen molar-refractivity contribution in [3.63, 3.8) is 0 Å². The Bertz CT molecular complexity index is 862. The first kappa shape index (κ1) is 15.6. The molecule has 0 fully saturated rings. The van der Waals surface area contributed by atoms with E-state index in [1.54, 1.807) is 12.1 Å². The summed E-state index contributed by atoms with van der Waals surface area (Å²) in [6.45, 7) is 0. The van der Waals surface area contributed by atoms with Gasteiger partial charge in [0, 0.05) is 5.92 Å². The lowest BCUT2D eigenvalue weighted by Gasteiger charge is -2.38. The van der Waals surface area contributed by atoms with Crippen LogP contribution in [-0.4, -0.2) is 11.1 Å². The van der Waals surface area contributed by atoms with Gasteiger partial charge in [0.25, 0.3) is 0 Å². The molecule has 0 saturated heterocycles. The number of benzene rings is 2. The summed E-state index contributed by atoms with van der Waals surface area (Å²) in [7, 11) is 0. The molecule has 4 rings (SSSR count). The first-order valence-electron chi connectivity index (χ1n) is 7.81. The highest BCUT2D eigenvalue weighted by molar-refractivity contribution is 6.43. The lowest BCUT2D eigenvalue weighted by atomic mass is 9.76. The van der Waals surface area contributed by atoms with Crippen LogP contribution in [0.15, 0.2) is 48.6 Å². The highest BCUT2D eigenvalue weighted by atomic mass is 35.5. The van der Waals surface area contributed by atoms with E-state index in [2.05, 4.69) is 17.5 Å². The summed E-state index contributed by atoms with van der Waals surface area (Å²) < 4.78 is 0. The third-order valence-corrected chi connectivity index (χ3v) is 5.76. The second-order valence-corrected chi connectivity index (χ2v) is 6.98. The summed E-state index contributed by atoms with van der Waals surface area (Å²) in [6.07, 6.45) is 5.24. The van der Waals surface area contributed by atoms with Gasteiger partial charge in [-0.1, -0.05) is 59.6 Å². The van der Waals surface area contributed by atoms with Crippen LogP contribution in [0, 0.1) is 5.92 Å². The molecule has 1 aliphatic heterocycles. The molecule has 1 aliphatic carbocycles. The highest BCUT2D eigenvalue weighted by Crippen LogP contribution is 2.52. The number of rotatable bonds is 2. The van der Waals surface area contributed by atoms with Crippen molar-refractivity contribution in [2.24, 2.45) is 5.92 Å². The minimum atomic E-state index is -0.919. The third kappa shape index (κ3) is 2.31. The van der Waals surface area contributed by atoms with Gasteiger partial charge in [-0.3, -0.25) is 0 Å². The van der Waals surface area contributed by atoms with Crippen LogP contribution < -0.4 is 5.32 Å². The lowest BCUT2D eigenvalue weighted by Crippen LogP contribution is -2.30. The van der Waals surface area contributed by atoms with Gasteiger partial charge in [0.05, 0.1) is 27.3 Å². The van der Waals surface area contributed by atoms with E-state index in [4.69, 9.17) is 23.2 Å². The molecule has 0 unspecified atom stereocenters. The summed E-state index contributed by atoms with van der Waals surface area (Å²) in [5.41, 5.74) is 3.03. The Balaban J connectivity index is 1.87. The smallest absolute Gasteiger partial charge is 0.336 e. The second kappa shape index (κ2) is 5.83. The Morgan fingerprint density at radius 3 is 2.71 bits per heavy atom.